The minimum absolute atomic E-state index is 0.0830. The Balaban J connectivity index is 3.00. The van der Waals surface area contributed by atoms with E-state index in [1.54, 1.807) is 19.0 Å². The molecule has 1 rings (SSSR count). The number of nitrogens with one attached hydrogen (secondary N) is 1. The first kappa shape index (κ1) is 17.8. The third kappa shape index (κ3) is 5.56. The van der Waals surface area contributed by atoms with E-state index >= 15 is 0 Å². The summed E-state index contributed by atoms with van der Waals surface area (Å²) in [5.74, 6) is 0.0830. The van der Waals surface area contributed by atoms with Gasteiger partial charge in [0.2, 0.25) is 5.91 Å². The third-order valence-corrected chi connectivity index (χ3v) is 3.53. The molecule has 0 aliphatic heterocycles. The van der Waals surface area contributed by atoms with Gasteiger partial charge in [0.1, 0.15) is 0 Å². The molecular formula is C16H26ClN3O. The number of amides is 1. The maximum Gasteiger partial charge on any atom is 0.241 e. The first-order valence-electron chi connectivity index (χ1n) is 7.32. The molecule has 0 saturated heterocycles. The van der Waals surface area contributed by atoms with Gasteiger partial charge in [0.15, 0.2) is 0 Å². The molecule has 0 aromatic heterocycles. The maximum absolute atomic E-state index is 12.0. The SMILES string of the molecule is CCN(CC(=O)N(C)C)c1cc(Cl)ccc1CNC(C)C. The zero-order chi connectivity index (χ0) is 16.0. The Kier molecular flexibility index (Phi) is 6.99. The lowest BCUT2D eigenvalue weighted by molar-refractivity contribution is -0.127. The minimum Gasteiger partial charge on any atom is -0.362 e. The number of benzene rings is 1. The van der Waals surface area contributed by atoms with Crippen LogP contribution >= 0.6 is 11.6 Å². The van der Waals surface area contributed by atoms with Crippen LogP contribution in [0.15, 0.2) is 18.2 Å². The molecule has 0 aliphatic carbocycles. The first-order valence-corrected chi connectivity index (χ1v) is 7.69. The zero-order valence-corrected chi connectivity index (χ0v) is 14.4. The van der Waals surface area contributed by atoms with Crippen LogP contribution in [0.25, 0.3) is 0 Å². The van der Waals surface area contributed by atoms with Crippen LogP contribution in [0.4, 0.5) is 5.69 Å². The second kappa shape index (κ2) is 8.25. The largest absolute Gasteiger partial charge is 0.362 e. The van der Waals surface area contributed by atoms with Crippen molar-refractivity contribution in [3.8, 4) is 0 Å². The van der Waals surface area contributed by atoms with Gasteiger partial charge in [-0.05, 0) is 24.6 Å². The van der Waals surface area contributed by atoms with Crippen molar-refractivity contribution in [2.45, 2.75) is 33.4 Å². The topological polar surface area (TPSA) is 35.6 Å². The van der Waals surface area contributed by atoms with E-state index in [2.05, 4.69) is 24.1 Å². The number of halogens is 1. The van der Waals surface area contributed by atoms with E-state index in [9.17, 15) is 4.79 Å². The number of hydrogen-bond donors (Lipinski definition) is 1. The average molecular weight is 312 g/mol. The summed E-state index contributed by atoms with van der Waals surface area (Å²) in [6.45, 7) is 8.15. The number of likely N-dealkylation sites (N-methyl/N-ethyl adjacent to an activating group) is 2. The van der Waals surface area contributed by atoms with Crippen molar-refractivity contribution in [1.82, 2.24) is 10.2 Å². The quantitative estimate of drug-likeness (QED) is 0.841. The fraction of sp³-hybridized carbons (Fsp3) is 0.562. The summed E-state index contributed by atoms with van der Waals surface area (Å²) in [5.41, 5.74) is 2.18. The smallest absolute Gasteiger partial charge is 0.241 e. The number of hydrogen-bond acceptors (Lipinski definition) is 3. The van der Waals surface area contributed by atoms with Crippen LogP contribution in [-0.4, -0.2) is 44.0 Å². The van der Waals surface area contributed by atoms with E-state index in [4.69, 9.17) is 11.6 Å². The molecule has 0 fully saturated rings. The van der Waals surface area contributed by atoms with Gasteiger partial charge in [0.05, 0.1) is 6.54 Å². The van der Waals surface area contributed by atoms with Crippen molar-refractivity contribution >= 4 is 23.2 Å². The summed E-state index contributed by atoms with van der Waals surface area (Å²) >= 11 is 6.14. The van der Waals surface area contributed by atoms with E-state index in [0.29, 0.717) is 17.6 Å². The summed E-state index contributed by atoms with van der Waals surface area (Å²) in [6.07, 6.45) is 0. The fourth-order valence-electron chi connectivity index (χ4n) is 1.97. The molecule has 0 heterocycles. The van der Waals surface area contributed by atoms with E-state index in [-0.39, 0.29) is 5.91 Å². The highest BCUT2D eigenvalue weighted by Crippen LogP contribution is 2.25. The monoisotopic (exact) mass is 311 g/mol. The van der Waals surface area contributed by atoms with E-state index in [0.717, 1.165) is 24.3 Å². The predicted octanol–water partition coefficient (Wildman–Crippen LogP) is 2.75. The van der Waals surface area contributed by atoms with Crippen LogP contribution in [0, 0.1) is 0 Å². The Hall–Kier alpha value is -1.26. The molecule has 4 nitrogen and oxygen atoms in total. The van der Waals surface area contributed by atoms with Gasteiger partial charge in [-0.3, -0.25) is 4.79 Å². The molecule has 0 atom stereocenters. The van der Waals surface area contributed by atoms with Gasteiger partial charge in [-0.15, -0.1) is 0 Å². The highest BCUT2D eigenvalue weighted by molar-refractivity contribution is 6.30. The van der Waals surface area contributed by atoms with Crippen molar-refractivity contribution < 1.29 is 4.79 Å². The summed E-state index contributed by atoms with van der Waals surface area (Å²) in [6, 6.07) is 6.26. The molecule has 0 spiro atoms. The standard InChI is InChI=1S/C16H26ClN3O/c1-6-20(11-16(21)19(4)5)15-9-14(17)8-7-13(15)10-18-12(2)3/h7-9,12,18H,6,10-11H2,1-5H3. The van der Waals surface area contributed by atoms with E-state index in [1.165, 1.54) is 0 Å². The van der Waals surface area contributed by atoms with Gasteiger partial charge < -0.3 is 15.1 Å². The second-order valence-corrected chi connectivity index (χ2v) is 6.05. The molecule has 1 N–H and O–H groups in total. The molecule has 21 heavy (non-hydrogen) atoms. The maximum atomic E-state index is 12.0. The number of anilines is 1. The number of carbonyl (C=O) groups is 1. The molecule has 0 unspecified atom stereocenters. The van der Waals surface area contributed by atoms with Crippen LogP contribution < -0.4 is 10.2 Å². The van der Waals surface area contributed by atoms with Crippen molar-refractivity contribution in [3.05, 3.63) is 28.8 Å². The normalized spacial score (nSPS) is 10.8. The summed E-state index contributed by atoms with van der Waals surface area (Å²) in [7, 11) is 3.55. The molecule has 118 valence electrons. The Morgan fingerprint density at radius 3 is 2.52 bits per heavy atom. The van der Waals surface area contributed by atoms with Gasteiger partial charge in [-0.25, -0.2) is 0 Å². The van der Waals surface area contributed by atoms with Crippen LogP contribution in [0.2, 0.25) is 5.02 Å². The van der Waals surface area contributed by atoms with Crippen LogP contribution in [0.3, 0.4) is 0 Å². The Morgan fingerprint density at radius 2 is 2.00 bits per heavy atom. The Morgan fingerprint density at radius 1 is 1.33 bits per heavy atom. The molecular weight excluding hydrogens is 286 g/mol. The van der Waals surface area contributed by atoms with Crippen LogP contribution in [0.1, 0.15) is 26.3 Å². The highest BCUT2D eigenvalue weighted by atomic mass is 35.5. The zero-order valence-electron chi connectivity index (χ0n) is 13.6. The second-order valence-electron chi connectivity index (χ2n) is 5.61. The molecule has 0 saturated carbocycles. The number of carbonyl (C=O) groups excluding carboxylic acids is 1. The average Bonchev–Trinajstić information content (AvgIpc) is 2.42. The van der Waals surface area contributed by atoms with Crippen LogP contribution in [-0.2, 0) is 11.3 Å². The Bertz CT molecular complexity index is 475. The van der Waals surface area contributed by atoms with Crippen molar-refractivity contribution in [2.75, 3.05) is 32.1 Å². The van der Waals surface area contributed by atoms with E-state index in [1.807, 2.05) is 25.1 Å². The van der Waals surface area contributed by atoms with Gasteiger partial charge in [-0.1, -0.05) is 31.5 Å². The van der Waals surface area contributed by atoms with Gasteiger partial charge >= 0.3 is 0 Å². The van der Waals surface area contributed by atoms with Crippen LogP contribution in [0.5, 0.6) is 0 Å². The lowest BCUT2D eigenvalue weighted by Gasteiger charge is -2.27. The fourth-order valence-corrected chi connectivity index (χ4v) is 2.13. The summed E-state index contributed by atoms with van der Waals surface area (Å²) < 4.78 is 0. The molecule has 0 bridgehead atoms. The van der Waals surface area contributed by atoms with Gasteiger partial charge in [0, 0.05) is 43.9 Å². The minimum atomic E-state index is 0.0830. The van der Waals surface area contributed by atoms with Crippen molar-refractivity contribution in [3.63, 3.8) is 0 Å². The highest BCUT2D eigenvalue weighted by Gasteiger charge is 2.15. The molecule has 1 aromatic carbocycles. The lowest BCUT2D eigenvalue weighted by atomic mass is 10.1. The summed E-state index contributed by atoms with van der Waals surface area (Å²) in [5, 5.41) is 4.10. The molecule has 0 radical (unpaired) electrons. The van der Waals surface area contributed by atoms with Gasteiger partial charge in [-0.2, -0.15) is 0 Å². The van der Waals surface area contributed by atoms with E-state index < -0.39 is 0 Å². The van der Waals surface area contributed by atoms with Gasteiger partial charge in [0.25, 0.3) is 0 Å². The van der Waals surface area contributed by atoms with Crippen molar-refractivity contribution in [1.29, 1.82) is 0 Å². The lowest BCUT2D eigenvalue weighted by Crippen LogP contribution is -2.37. The molecule has 0 aliphatic rings. The molecule has 1 aromatic rings. The molecule has 5 heteroatoms. The molecule has 1 amide bonds. The van der Waals surface area contributed by atoms with Crippen molar-refractivity contribution in [2.24, 2.45) is 0 Å². The first-order chi connectivity index (χ1) is 9.85. The predicted molar refractivity (Wildman–Crippen MR) is 90.0 cm³/mol. The number of nitrogens with zero attached hydrogens (tertiary/aromatic N) is 2. The number of rotatable bonds is 7. The summed E-state index contributed by atoms with van der Waals surface area (Å²) in [4.78, 5) is 15.7. The Labute approximate surface area is 133 Å². The third-order valence-electron chi connectivity index (χ3n) is 3.30.